The zero-order chi connectivity index (χ0) is 15.2. The molecule has 6 heteroatoms. The number of furan rings is 1. The van der Waals surface area contributed by atoms with Gasteiger partial charge in [-0.15, -0.1) is 0 Å². The van der Waals surface area contributed by atoms with E-state index in [1.165, 1.54) is 5.69 Å². The van der Waals surface area contributed by atoms with Crippen LogP contribution < -0.4 is 5.32 Å². The van der Waals surface area contributed by atoms with Gasteiger partial charge >= 0.3 is 0 Å². The van der Waals surface area contributed by atoms with Crippen LogP contribution in [0.3, 0.4) is 0 Å². The van der Waals surface area contributed by atoms with E-state index >= 15 is 0 Å². The molecule has 114 valence electrons. The van der Waals surface area contributed by atoms with Crippen molar-refractivity contribution in [1.82, 2.24) is 14.8 Å². The van der Waals surface area contributed by atoms with Crippen LogP contribution in [0.15, 0.2) is 44.7 Å². The van der Waals surface area contributed by atoms with Crippen LogP contribution in [0.25, 0.3) is 0 Å². The summed E-state index contributed by atoms with van der Waals surface area (Å²) in [4.78, 5) is 6.76. The SMILES string of the molecule is CCNC(=NCc1ccoc1)N(C)Cc1cc(Br)cn1C. The number of hydrogen-bond acceptors (Lipinski definition) is 2. The lowest BCUT2D eigenvalue weighted by Gasteiger charge is -2.22. The summed E-state index contributed by atoms with van der Waals surface area (Å²) >= 11 is 3.50. The van der Waals surface area contributed by atoms with Crippen LogP contribution in [0.5, 0.6) is 0 Å². The summed E-state index contributed by atoms with van der Waals surface area (Å²) in [6.07, 6.45) is 5.45. The van der Waals surface area contributed by atoms with E-state index in [-0.39, 0.29) is 0 Å². The average molecular weight is 353 g/mol. The van der Waals surface area contributed by atoms with Crippen LogP contribution in [0.4, 0.5) is 0 Å². The molecule has 2 heterocycles. The lowest BCUT2D eigenvalue weighted by Crippen LogP contribution is -2.38. The first-order chi connectivity index (χ1) is 10.1. The molecule has 2 aromatic heterocycles. The molecule has 0 aliphatic rings. The van der Waals surface area contributed by atoms with E-state index in [0.717, 1.165) is 29.1 Å². The van der Waals surface area contributed by atoms with Gasteiger partial charge in [-0.2, -0.15) is 0 Å². The monoisotopic (exact) mass is 352 g/mol. The number of aromatic nitrogens is 1. The molecule has 0 atom stereocenters. The van der Waals surface area contributed by atoms with E-state index in [4.69, 9.17) is 4.42 Å². The molecule has 5 nitrogen and oxygen atoms in total. The predicted octanol–water partition coefficient (Wildman–Crippen LogP) is 2.98. The Bertz CT molecular complexity index is 589. The molecule has 0 aliphatic heterocycles. The molecule has 0 aromatic carbocycles. The predicted molar refractivity (Wildman–Crippen MR) is 88.1 cm³/mol. The van der Waals surface area contributed by atoms with E-state index in [1.54, 1.807) is 12.5 Å². The number of guanidine groups is 1. The molecular weight excluding hydrogens is 332 g/mol. The zero-order valence-electron chi connectivity index (χ0n) is 12.6. The quantitative estimate of drug-likeness (QED) is 0.664. The molecule has 0 aliphatic carbocycles. The van der Waals surface area contributed by atoms with Crippen LogP contribution in [0.1, 0.15) is 18.2 Å². The van der Waals surface area contributed by atoms with Crippen LogP contribution >= 0.6 is 15.9 Å². The van der Waals surface area contributed by atoms with Crippen molar-refractivity contribution < 1.29 is 4.42 Å². The first-order valence-corrected chi connectivity index (χ1v) is 7.70. The highest BCUT2D eigenvalue weighted by molar-refractivity contribution is 9.10. The number of aliphatic imine (C=N–C) groups is 1. The summed E-state index contributed by atoms with van der Waals surface area (Å²) in [7, 11) is 4.08. The molecule has 0 bridgehead atoms. The Morgan fingerprint density at radius 2 is 2.33 bits per heavy atom. The highest BCUT2D eigenvalue weighted by Crippen LogP contribution is 2.15. The van der Waals surface area contributed by atoms with E-state index < -0.39 is 0 Å². The van der Waals surface area contributed by atoms with Crippen LogP contribution in [0.2, 0.25) is 0 Å². The minimum absolute atomic E-state index is 0.611. The summed E-state index contributed by atoms with van der Waals surface area (Å²) in [6.45, 7) is 4.31. The minimum atomic E-state index is 0.611. The van der Waals surface area contributed by atoms with Crippen molar-refractivity contribution in [2.24, 2.45) is 12.0 Å². The fraction of sp³-hybridized carbons (Fsp3) is 0.400. The first-order valence-electron chi connectivity index (χ1n) is 6.91. The van der Waals surface area contributed by atoms with Gasteiger partial charge in [0.05, 0.1) is 25.6 Å². The second-order valence-electron chi connectivity index (χ2n) is 4.92. The van der Waals surface area contributed by atoms with Gasteiger partial charge < -0.3 is 19.2 Å². The highest BCUT2D eigenvalue weighted by Gasteiger charge is 2.09. The maximum Gasteiger partial charge on any atom is 0.194 e. The number of nitrogens with one attached hydrogen (secondary N) is 1. The molecule has 2 aromatic rings. The van der Waals surface area contributed by atoms with Gasteiger partial charge in [-0.3, -0.25) is 0 Å². The van der Waals surface area contributed by atoms with Gasteiger partial charge in [-0.1, -0.05) is 0 Å². The topological polar surface area (TPSA) is 45.7 Å². The second-order valence-corrected chi connectivity index (χ2v) is 5.83. The van der Waals surface area contributed by atoms with E-state index in [9.17, 15) is 0 Å². The summed E-state index contributed by atoms with van der Waals surface area (Å²) in [5.74, 6) is 0.885. The smallest absolute Gasteiger partial charge is 0.194 e. The molecule has 0 unspecified atom stereocenters. The Morgan fingerprint density at radius 3 is 2.90 bits per heavy atom. The largest absolute Gasteiger partial charge is 0.472 e. The van der Waals surface area contributed by atoms with Gasteiger partial charge in [0.15, 0.2) is 5.96 Å². The van der Waals surface area contributed by atoms with Crippen molar-refractivity contribution in [2.75, 3.05) is 13.6 Å². The first kappa shape index (κ1) is 15.7. The molecule has 2 rings (SSSR count). The summed E-state index contributed by atoms with van der Waals surface area (Å²) in [6, 6.07) is 4.05. The normalized spacial score (nSPS) is 11.7. The fourth-order valence-corrected chi connectivity index (χ4v) is 2.63. The average Bonchev–Trinajstić information content (AvgIpc) is 3.05. The summed E-state index contributed by atoms with van der Waals surface area (Å²) < 4.78 is 8.27. The third kappa shape index (κ3) is 4.39. The highest BCUT2D eigenvalue weighted by atomic mass is 79.9. The van der Waals surface area contributed by atoms with Crippen molar-refractivity contribution in [1.29, 1.82) is 0 Å². The Morgan fingerprint density at radius 1 is 1.52 bits per heavy atom. The van der Waals surface area contributed by atoms with Crippen molar-refractivity contribution in [2.45, 2.75) is 20.0 Å². The zero-order valence-corrected chi connectivity index (χ0v) is 14.2. The van der Waals surface area contributed by atoms with Crippen LogP contribution in [-0.2, 0) is 20.1 Å². The molecule has 0 saturated heterocycles. The Hall–Kier alpha value is -1.69. The molecule has 0 radical (unpaired) electrons. The summed E-state index contributed by atoms with van der Waals surface area (Å²) in [5, 5.41) is 3.32. The van der Waals surface area contributed by atoms with E-state index in [0.29, 0.717) is 6.54 Å². The second kappa shape index (κ2) is 7.36. The maximum atomic E-state index is 5.07. The molecule has 0 spiro atoms. The number of rotatable bonds is 5. The van der Waals surface area contributed by atoms with Crippen molar-refractivity contribution in [3.63, 3.8) is 0 Å². The number of halogens is 1. The van der Waals surface area contributed by atoms with Crippen molar-refractivity contribution in [3.8, 4) is 0 Å². The van der Waals surface area contributed by atoms with Gasteiger partial charge in [-0.05, 0) is 35.0 Å². The van der Waals surface area contributed by atoms with Gasteiger partial charge in [0.2, 0.25) is 0 Å². The lowest BCUT2D eigenvalue weighted by molar-refractivity contribution is 0.461. The molecule has 0 saturated carbocycles. The Kier molecular flexibility index (Phi) is 5.50. The van der Waals surface area contributed by atoms with Crippen molar-refractivity contribution in [3.05, 3.63) is 46.6 Å². The summed E-state index contributed by atoms with van der Waals surface area (Å²) in [5.41, 5.74) is 2.29. The standard InChI is InChI=1S/C15H21BrN4O/c1-4-17-15(18-8-12-5-6-21-11-12)20(3)10-14-7-13(16)9-19(14)2/h5-7,9,11H,4,8,10H2,1-3H3,(H,17,18). The maximum absolute atomic E-state index is 5.07. The third-order valence-electron chi connectivity index (χ3n) is 3.16. The number of nitrogens with zero attached hydrogens (tertiary/aromatic N) is 3. The minimum Gasteiger partial charge on any atom is -0.472 e. The Balaban J connectivity index is 2.06. The molecule has 21 heavy (non-hydrogen) atoms. The fourth-order valence-electron chi connectivity index (χ4n) is 2.06. The molecule has 1 N–H and O–H groups in total. The number of aryl methyl sites for hydroxylation is 1. The lowest BCUT2D eigenvalue weighted by atomic mass is 10.3. The van der Waals surface area contributed by atoms with Gasteiger partial charge in [0.1, 0.15) is 0 Å². The van der Waals surface area contributed by atoms with Gasteiger partial charge in [0, 0.05) is 42.6 Å². The number of hydrogen-bond donors (Lipinski definition) is 1. The molecular formula is C15H21BrN4O. The van der Waals surface area contributed by atoms with Crippen LogP contribution in [0, 0.1) is 0 Å². The van der Waals surface area contributed by atoms with E-state index in [2.05, 4.69) is 54.9 Å². The van der Waals surface area contributed by atoms with Gasteiger partial charge in [-0.25, -0.2) is 4.99 Å². The van der Waals surface area contributed by atoms with Gasteiger partial charge in [0.25, 0.3) is 0 Å². The van der Waals surface area contributed by atoms with E-state index in [1.807, 2.05) is 20.2 Å². The third-order valence-corrected chi connectivity index (χ3v) is 3.60. The van der Waals surface area contributed by atoms with Crippen molar-refractivity contribution >= 4 is 21.9 Å². The molecule has 0 amide bonds. The molecule has 0 fully saturated rings. The Labute approximate surface area is 133 Å². The van der Waals surface area contributed by atoms with Crippen LogP contribution in [-0.4, -0.2) is 29.0 Å².